The minimum atomic E-state index is -0.0401. The summed E-state index contributed by atoms with van der Waals surface area (Å²) in [7, 11) is 3.46. The molecule has 2 rings (SSSR count). The van der Waals surface area contributed by atoms with E-state index in [9.17, 15) is 4.79 Å². The Hall–Kier alpha value is -1.75. The molecule has 0 aliphatic heterocycles. The lowest BCUT2D eigenvalue weighted by atomic mass is 10.1. The van der Waals surface area contributed by atoms with Crippen molar-refractivity contribution in [2.45, 2.75) is 19.3 Å². The van der Waals surface area contributed by atoms with Gasteiger partial charge >= 0.3 is 0 Å². The second kappa shape index (κ2) is 7.31. The fourth-order valence-corrected chi connectivity index (χ4v) is 2.05. The molecule has 3 N–H and O–H groups in total. The van der Waals surface area contributed by atoms with E-state index in [1.807, 2.05) is 6.07 Å². The first kappa shape index (κ1) is 15.6. The summed E-state index contributed by atoms with van der Waals surface area (Å²) in [6.45, 7) is 2.50. The smallest absolute Gasteiger partial charge is 0.253 e. The first-order chi connectivity index (χ1) is 10.1. The van der Waals surface area contributed by atoms with Crippen LogP contribution < -0.4 is 11.1 Å². The van der Waals surface area contributed by atoms with Gasteiger partial charge in [-0.15, -0.1) is 0 Å². The molecule has 0 atom stereocenters. The molecular weight excluding hydrogens is 266 g/mol. The third kappa shape index (κ3) is 4.93. The quantitative estimate of drug-likeness (QED) is 0.569. The van der Waals surface area contributed by atoms with Crippen molar-refractivity contribution in [1.29, 1.82) is 0 Å². The minimum Gasteiger partial charge on any atom is -0.397 e. The number of amides is 1. The van der Waals surface area contributed by atoms with Crippen LogP contribution in [0.15, 0.2) is 18.2 Å². The Morgan fingerprint density at radius 1 is 1.43 bits per heavy atom. The van der Waals surface area contributed by atoms with Gasteiger partial charge in [0.05, 0.1) is 11.4 Å². The number of nitrogens with one attached hydrogen (secondary N) is 1. The van der Waals surface area contributed by atoms with E-state index in [0.717, 1.165) is 37.8 Å². The van der Waals surface area contributed by atoms with Crippen LogP contribution >= 0.6 is 0 Å². The van der Waals surface area contributed by atoms with Crippen molar-refractivity contribution in [3.05, 3.63) is 23.8 Å². The average molecular weight is 291 g/mol. The zero-order valence-electron chi connectivity index (χ0n) is 12.9. The number of nitrogens with two attached hydrogens (primary N) is 1. The lowest BCUT2D eigenvalue weighted by Gasteiger charge is -2.13. The van der Waals surface area contributed by atoms with Crippen molar-refractivity contribution in [2.75, 3.05) is 44.9 Å². The highest BCUT2D eigenvalue weighted by atomic mass is 16.5. The lowest BCUT2D eigenvalue weighted by Crippen LogP contribution is -2.21. The van der Waals surface area contributed by atoms with Crippen LogP contribution in [-0.4, -0.2) is 44.7 Å². The van der Waals surface area contributed by atoms with Crippen molar-refractivity contribution in [1.82, 2.24) is 4.90 Å². The number of hydrogen-bond acceptors (Lipinski definition) is 4. The van der Waals surface area contributed by atoms with Crippen LogP contribution in [0.3, 0.4) is 0 Å². The van der Waals surface area contributed by atoms with E-state index in [1.54, 1.807) is 31.1 Å². The van der Waals surface area contributed by atoms with Crippen LogP contribution in [-0.2, 0) is 4.74 Å². The molecule has 0 unspecified atom stereocenters. The maximum atomic E-state index is 11.8. The van der Waals surface area contributed by atoms with Gasteiger partial charge in [-0.2, -0.15) is 0 Å². The molecule has 0 radical (unpaired) electrons. The summed E-state index contributed by atoms with van der Waals surface area (Å²) >= 11 is 0. The standard InChI is InChI=1S/C16H25N3O2/c1-19(2)16(20)13-6-7-15(14(17)10-13)18-8-3-9-21-11-12-4-5-12/h6-7,10,12,18H,3-5,8-9,11,17H2,1-2H3. The molecule has 21 heavy (non-hydrogen) atoms. The summed E-state index contributed by atoms with van der Waals surface area (Å²) in [5, 5.41) is 3.28. The fourth-order valence-electron chi connectivity index (χ4n) is 2.05. The summed E-state index contributed by atoms with van der Waals surface area (Å²) in [6.07, 6.45) is 3.60. The molecule has 0 heterocycles. The Morgan fingerprint density at radius 3 is 2.81 bits per heavy atom. The zero-order valence-corrected chi connectivity index (χ0v) is 12.9. The first-order valence-corrected chi connectivity index (χ1v) is 7.50. The summed E-state index contributed by atoms with van der Waals surface area (Å²) in [6, 6.07) is 5.37. The number of rotatable bonds is 8. The van der Waals surface area contributed by atoms with Crippen LogP contribution in [0.2, 0.25) is 0 Å². The van der Waals surface area contributed by atoms with E-state index in [-0.39, 0.29) is 5.91 Å². The van der Waals surface area contributed by atoms with Gasteiger partial charge in [0.1, 0.15) is 0 Å². The van der Waals surface area contributed by atoms with Crippen LogP contribution in [0.25, 0.3) is 0 Å². The molecule has 1 aliphatic carbocycles. The van der Waals surface area contributed by atoms with Crippen LogP contribution in [0, 0.1) is 5.92 Å². The Balaban J connectivity index is 1.73. The van der Waals surface area contributed by atoms with Gasteiger partial charge in [0, 0.05) is 39.4 Å². The van der Waals surface area contributed by atoms with E-state index in [4.69, 9.17) is 10.5 Å². The van der Waals surface area contributed by atoms with Gasteiger partial charge in [-0.05, 0) is 43.4 Å². The molecule has 0 bridgehead atoms. The lowest BCUT2D eigenvalue weighted by molar-refractivity contribution is 0.0827. The second-order valence-corrected chi connectivity index (χ2v) is 5.80. The largest absolute Gasteiger partial charge is 0.397 e. The fraction of sp³-hybridized carbons (Fsp3) is 0.562. The number of carbonyl (C=O) groups excluding carboxylic acids is 1. The molecule has 1 saturated carbocycles. The SMILES string of the molecule is CN(C)C(=O)c1ccc(NCCCOCC2CC2)c(N)c1. The highest BCUT2D eigenvalue weighted by molar-refractivity contribution is 5.95. The van der Waals surface area contributed by atoms with Crippen LogP contribution in [0.1, 0.15) is 29.6 Å². The Morgan fingerprint density at radius 2 is 2.19 bits per heavy atom. The van der Waals surface area contributed by atoms with Crippen molar-refractivity contribution in [2.24, 2.45) is 5.92 Å². The van der Waals surface area contributed by atoms with Gasteiger partial charge in [0.25, 0.3) is 5.91 Å². The maximum Gasteiger partial charge on any atom is 0.253 e. The molecule has 1 amide bonds. The monoisotopic (exact) mass is 291 g/mol. The molecule has 0 aromatic heterocycles. The number of ether oxygens (including phenoxy) is 1. The number of nitrogens with zero attached hydrogens (tertiary/aromatic N) is 1. The van der Waals surface area contributed by atoms with E-state index in [0.29, 0.717) is 11.3 Å². The molecule has 5 nitrogen and oxygen atoms in total. The average Bonchev–Trinajstić information content (AvgIpc) is 3.27. The molecule has 1 aromatic carbocycles. The van der Waals surface area contributed by atoms with Gasteiger partial charge < -0.3 is 20.7 Å². The first-order valence-electron chi connectivity index (χ1n) is 7.50. The van der Waals surface area contributed by atoms with Crippen LogP contribution in [0.4, 0.5) is 11.4 Å². The molecule has 1 aromatic rings. The van der Waals surface area contributed by atoms with Gasteiger partial charge in [-0.1, -0.05) is 0 Å². The number of carbonyl (C=O) groups is 1. The molecule has 116 valence electrons. The van der Waals surface area contributed by atoms with Gasteiger partial charge in [-0.25, -0.2) is 0 Å². The van der Waals surface area contributed by atoms with Gasteiger partial charge in [-0.3, -0.25) is 4.79 Å². The number of anilines is 2. The molecule has 0 spiro atoms. The van der Waals surface area contributed by atoms with Gasteiger partial charge in [0.15, 0.2) is 0 Å². The van der Waals surface area contributed by atoms with E-state index < -0.39 is 0 Å². The van der Waals surface area contributed by atoms with Crippen molar-refractivity contribution in [3.8, 4) is 0 Å². The highest BCUT2D eigenvalue weighted by Gasteiger charge is 2.20. The zero-order chi connectivity index (χ0) is 15.2. The van der Waals surface area contributed by atoms with E-state index in [1.165, 1.54) is 12.8 Å². The number of benzene rings is 1. The predicted molar refractivity (Wildman–Crippen MR) is 85.5 cm³/mol. The molecule has 1 fully saturated rings. The van der Waals surface area contributed by atoms with E-state index >= 15 is 0 Å². The number of nitrogen functional groups attached to an aromatic ring is 1. The highest BCUT2D eigenvalue weighted by Crippen LogP contribution is 2.28. The van der Waals surface area contributed by atoms with E-state index in [2.05, 4.69) is 5.32 Å². The Bertz CT molecular complexity index is 484. The molecule has 0 saturated heterocycles. The summed E-state index contributed by atoms with van der Waals surface area (Å²) in [4.78, 5) is 13.4. The molecule has 1 aliphatic rings. The molecule has 5 heteroatoms. The van der Waals surface area contributed by atoms with Crippen molar-refractivity contribution >= 4 is 17.3 Å². The summed E-state index contributed by atoms with van der Waals surface area (Å²) < 4.78 is 5.58. The second-order valence-electron chi connectivity index (χ2n) is 5.80. The summed E-state index contributed by atoms with van der Waals surface area (Å²) in [5.41, 5.74) is 8.06. The van der Waals surface area contributed by atoms with Crippen molar-refractivity contribution < 1.29 is 9.53 Å². The minimum absolute atomic E-state index is 0.0401. The maximum absolute atomic E-state index is 11.8. The molecular formula is C16H25N3O2. The van der Waals surface area contributed by atoms with Gasteiger partial charge in [0.2, 0.25) is 0 Å². The Labute approximate surface area is 126 Å². The topological polar surface area (TPSA) is 67.6 Å². The summed E-state index contributed by atoms with van der Waals surface area (Å²) in [5.74, 6) is 0.775. The Kier molecular flexibility index (Phi) is 5.44. The normalized spacial score (nSPS) is 14.0. The van der Waals surface area contributed by atoms with Crippen LogP contribution in [0.5, 0.6) is 0 Å². The third-order valence-electron chi connectivity index (χ3n) is 3.54. The predicted octanol–water partition coefficient (Wildman–Crippen LogP) is 2.20. The van der Waals surface area contributed by atoms with Crippen molar-refractivity contribution in [3.63, 3.8) is 0 Å². The third-order valence-corrected chi connectivity index (χ3v) is 3.54. The number of hydrogen-bond donors (Lipinski definition) is 2.